The Morgan fingerprint density at radius 3 is 2.64 bits per heavy atom. The molecule has 0 saturated heterocycles. The van der Waals surface area contributed by atoms with Gasteiger partial charge in [-0.05, 0) is 50.7 Å². The van der Waals surface area contributed by atoms with E-state index in [1.165, 1.54) is 0 Å². The van der Waals surface area contributed by atoms with Crippen molar-refractivity contribution in [1.82, 2.24) is 15.2 Å². The summed E-state index contributed by atoms with van der Waals surface area (Å²) in [6, 6.07) is 1.14. The maximum absolute atomic E-state index is 13.1. The zero-order chi connectivity index (χ0) is 24.3. The van der Waals surface area contributed by atoms with E-state index in [1.54, 1.807) is 11.8 Å². The Balaban J connectivity index is 1.59. The second kappa shape index (κ2) is 10.4. The van der Waals surface area contributed by atoms with E-state index in [0.717, 1.165) is 25.1 Å². The Bertz CT molecular complexity index is 859. The molecule has 0 radical (unpaired) electrons. The van der Waals surface area contributed by atoms with Crippen molar-refractivity contribution < 1.29 is 27.5 Å². The van der Waals surface area contributed by atoms with E-state index in [-0.39, 0.29) is 48.3 Å². The van der Waals surface area contributed by atoms with Crippen LogP contribution >= 0.6 is 0 Å². The van der Waals surface area contributed by atoms with Crippen LogP contribution in [-0.2, 0) is 33.5 Å². The van der Waals surface area contributed by atoms with Gasteiger partial charge in [-0.15, -0.1) is 0 Å². The first-order valence-corrected chi connectivity index (χ1v) is 11.8. The smallest absolute Gasteiger partial charge is 0.417 e. The van der Waals surface area contributed by atoms with Gasteiger partial charge in [-0.25, -0.2) is 0 Å². The third-order valence-corrected chi connectivity index (χ3v) is 6.77. The van der Waals surface area contributed by atoms with E-state index in [9.17, 15) is 22.8 Å². The van der Waals surface area contributed by atoms with Crippen molar-refractivity contribution in [3.63, 3.8) is 0 Å². The minimum atomic E-state index is -4.45. The summed E-state index contributed by atoms with van der Waals surface area (Å²) in [5, 5.41) is 3.52. The van der Waals surface area contributed by atoms with E-state index in [4.69, 9.17) is 4.74 Å². The number of fused-ring (bicyclic) bond motifs is 1. The molecule has 0 bridgehead atoms. The number of nitrogens with zero attached hydrogens (tertiary/aromatic N) is 2. The van der Waals surface area contributed by atoms with Gasteiger partial charge in [0.1, 0.15) is 0 Å². The fraction of sp³-hybridized carbons (Fsp3) is 0.708. The van der Waals surface area contributed by atoms with E-state index >= 15 is 0 Å². The molecule has 6 nitrogen and oxygen atoms in total. The Kier molecular flexibility index (Phi) is 8.03. The van der Waals surface area contributed by atoms with Crippen molar-refractivity contribution in [3.8, 4) is 0 Å². The molecule has 184 valence electrons. The Labute approximate surface area is 193 Å². The first-order chi connectivity index (χ1) is 15.5. The molecular formula is C24H34F3N3O3. The van der Waals surface area contributed by atoms with Crippen molar-refractivity contribution in [3.05, 3.63) is 29.1 Å². The number of pyridine rings is 1. The number of hydrogen-bond donors (Lipinski definition) is 1. The van der Waals surface area contributed by atoms with Gasteiger partial charge in [0.15, 0.2) is 0 Å². The summed E-state index contributed by atoms with van der Waals surface area (Å²) in [5.41, 5.74) is 0.321. The van der Waals surface area contributed by atoms with Crippen LogP contribution in [0, 0.1) is 17.8 Å². The van der Waals surface area contributed by atoms with Crippen molar-refractivity contribution in [2.45, 2.75) is 78.2 Å². The molecule has 1 saturated carbocycles. The number of ether oxygens (including phenoxy) is 1. The average molecular weight is 470 g/mol. The molecule has 0 aromatic carbocycles. The van der Waals surface area contributed by atoms with Crippen LogP contribution in [0.15, 0.2) is 12.3 Å². The molecule has 4 unspecified atom stereocenters. The third-order valence-electron chi connectivity index (χ3n) is 6.77. The summed E-state index contributed by atoms with van der Waals surface area (Å²) >= 11 is 0. The van der Waals surface area contributed by atoms with Gasteiger partial charge in [-0.2, -0.15) is 13.2 Å². The van der Waals surface area contributed by atoms with Gasteiger partial charge in [-0.1, -0.05) is 13.8 Å². The normalized spacial score (nSPS) is 22.7. The number of hydrogen-bond acceptors (Lipinski definition) is 5. The van der Waals surface area contributed by atoms with E-state index in [1.807, 2.05) is 20.8 Å². The lowest BCUT2D eigenvalue weighted by molar-refractivity contribution is -0.150. The first kappa shape index (κ1) is 25.5. The van der Waals surface area contributed by atoms with Gasteiger partial charge in [0.05, 0.1) is 18.1 Å². The molecule has 1 aliphatic carbocycles. The van der Waals surface area contributed by atoms with E-state index in [2.05, 4.69) is 10.3 Å². The number of nitrogens with one attached hydrogen (secondary N) is 1. The Morgan fingerprint density at radius 1 is 1.27 bits per heavy atom. The molecule has 1 N–H and O–H groups in total. The fourth-order valence-electron chi connectivity index (χ4n) is 5.15. The van der Waals surface area contributed by atoms with Crippen LogP contribution in [0.4, 0.5) is 13.2 Å². The second-order valence-electron chi connectivity index (χ2n) is 9.52. The van der Waals surface area contributed by atoms with Crippen LogP contribution in [0.3, 0.4) is 0 Å². The number of carbonyl (C=O) groups excluding carboxylic acids is 2. The number of alkyl halides is 3. The molecule has 4 atom stereocenters. The van der Waals surface area contributed by atoms with Crippen molar-refractivity contribution in [2.24, 2.45) is 17.8 Å². The predicted molar refractivity (Wildman–Crippen MR) is 117 cm³/mol. The van der Waals surface area contributed by atoms with E-state index < -0.39 is 11.7 Å². The number of rotatable bonds is 7. The minimum Gasteiger partial charge on any atom is -0.466 e. The predicted octanol–water partition coefficient (Wildman–Crippen LogP) is 3.97. The first-order valence-electron chi connectivity index (χ1n) is 11.8. The Morgan fingerprint density at radius 2 is 2.00 bits per heavy atom. The molecule has 0 spiro atoms. The second-order valence-corrected chi connectivity index (χ2v) is 9.52. The van der Waals surface area contributed by atoms with Crippen LogP contribution in [0.25, 0.3) is 0 Å². The van der Waals surface area contributed by atoms with Gasteiger partial charge in [-0.3, -0.25) is 14.6 Å². The van der Waals surface area contributed by atoms with E-state index in [0.29, 0.717) is 37.3 Å². The molecule has 1 aromatic heterocycles. The summed E-state index contributed by atoms with van der Waals surface area (Å²) in [7, 11) is 0. The number of esters is 1. The molecular weight excluding hydrogens is 435 g/mol. The quantitative estimate of drug-likeness (QED) is 0.612. The number of aromatic nitrogens is 1. The molecule has 2 aliphatic rings. The van der Waals surface area contributed by atoms with Crippen LogP contribution in [0.2, 0.25) is 0 Å². The molecule has 1 aliphatic heterocycles. The number of carbonyl (C=O) groups is 2. The topological polar surface area (TPSA) is 71.5 Å². The van der Waals surface area contributed by atoms with Crippen molar-refractivity contribution in [2.75, 3.05) is 13.2 Å². The highest BCUT2D eigenvalue weighted by Gasteiger charge is 2.38. The van der Waals surface area contributed by atoms with Crippen LogP contribution in [0.1, 0.15) is 63.8 Å². The minimum absolute atomic E-state index is 0.0131. The molecule has 33 heavy (non-hydrogen) atoms. The SMILES string of the molecule is CCOC(=O)C(C(C)C)C(C)NC1CCC(C(=O)N2CCc3ncc(C(F)(F)F)cc3C2)C1. The lowest BCUT2D eigenvalue weighted by Crippen LogP contribution is -2.45. The summed E-state index contributed by atoms with van der Waals surface area (Å²) in [5.74, 6) is -0.546. The van der Waals surface area contributed by atoms with Gasteiger partial charge in [0.25, 0.3) is 0 Å². The average Bonchev–Trinajstić information content (AvgIpc) is 3.20. The zero-order valence-corrected chi connectivity index (χ0v) is 19.7. The van der Waals surface area contributed by atoms with Crippen molar-refractivity contribution in [1.29, 1.82) is 0 Å². The maximum Gasteiger partial charge on any atom is 0.417 e. The maximum atomic E-state index is 13.1. The number of amides is 1. The fourth-order valence-corrected chi connectivity index (χ4v) is 5.15. The molecule has 9 heteroatoms. The van der Waals surface area contributed by atoms with Crippen molar-refractivity contribution >= 4 is 11.9 Å². The monoisotopic (exact) mass is 469 g/mol. The standard InChI is InChI=1S/C24H34F3N3O3/c1-5-33-23(32)21(14(2)3)15(4)29-19-7-6-16(11-19)22(31)30-9-8-20-17(13-30)10-18(12-28-20)24(25,26)27/h10,12,14-16,19,21,29H,5-9,11,13H2,1-4H3. The van der Waals surface area contributed by atoms with Gasteiger partial charge >= 0.3 is 12.1 Å². The third kappa shape index (κ3) is 6.05. The van der Waals surface area contributed by atoms with Crippen LogP contribution in [-0.4, -0.2) is 47.0 Å². The summed E-state index contributed by atoms with van der Waals surface area (Å²) in [6.07, 6.45) is -0.933. The molecule has 3 rings (SSSR count). The van der Waals surface area contributed by atoms with Crippen LogP contribution in [0.5, 0.6) is 0 Å². The lowest BCUT2D eigenvalue weighted by atomic mass is 9.88. The highest BCUT2D eigenvalue weighted by Crippen LogP contribution is 2.33. The highest BCUT2D eigenvalue weighted by molar-refractivity contribution is 5.79. The molecule has 2 heterocycles. The molecule has 1 fully saturated rings. The zero-order valence-electron chi connectivity index (χ0n) is 19.7. The molecule has 1 aromatic rings. The molecule has 1 amide bonds. The largest absolute Gasteiger partial charge is 0.466 e. The number of halogens is 3. The summed E-state index contributed by atoms with van der Waals surface area (Å²) in [6.45, 7) is 8.72. The lowest BCUT2D eigenvalue weighted by Gasteiger charge is -2.31. The summed E-state index contributed by atoms with van der Waals surface area (Å²) in [4.78, 5) is 31.1. The van der Waals surface area contributed by atoms with Gasteiger partial charge < -0.3 is 15.0 Å². The Hall–Kier alpha value is -2.16. The highest BCUT2D eigenvalue weighted by atomic mass is 19.4. The van der Waals surface area contributed by atoms with Crippen LogP contribution < -0.4 is 5.32 Å². The van der Waals surface area contributed by atoms with Gasteiger partial charge in [0, 0.05) is 49.4 Å². The summed E-state index contributed by atoms with van der Waals surface area (Å²) < 4.78 is 44.4. The van der Waals surface area contributed by atoms with Gasteiger partial charge in [0.2, 0.25) is 5.91 Å².